The Bertz CT molecular complexity index is 624. The third kappa shape index (κ3) is 4.26. The Kier molecular flexibility index (Phi) is 5.50. The van der Waals surface area contributed by atoms with Crippen molar-refractivity contribution in [1.29, 1.82) is 0 Å². The molecule has 3 amide bonds. The SMILES string of the molecule is CCC1NNCC1C(=O)N1CCC(NC(=O)Nc2ccc(F)cc2)C1. The molecule has 7 nitrogen and oxygen atoms in total. The summed E-state index contributed by atoms with van der Waals surface area (Å²) in [4.78, 5) is 26.5. The Labute approximate surface area is 146 Å². The average molecular weight is 349 g/mol. The van der Waals surface area contributed by atoms with Gasteiger partial charge in [0.15, 0.2) is 0 Å². The van der Waals surface area contributed by atoms with Crippen molar-refractivity contribution >= 4 is 17.6 Å². The molecule has 8 heteroatoms. The fourth-order valence-electron chi connectivity index (χ4n) is 3.39. The van der Waals surface area contributed by atoms with E-state index in [9.17, 15) is 14.0 Å². The fraction of sp³-hybridized carbons (Fsp3) is 0.529. The van der Waals surface area contributed by atoms with Gasteiger partial charge in [-0.3, -0.25) is 15.6 Å². The van der Waals surface area contributed by atoms with Gasteiger partial charge in [0.25, 0.3) is 0 Å². The second-order valence-corrected chi connectivity index (χ2v) is 6.52. The van der Waals surface area contributed by atoms with Crippen LogP contribution >= 0.6 is 0 Å². The zero-order valence-corrected chi connectivity index (χ0v) is 14.2. The van der Waals surface area contributed by atoms with Crippen molar-refractivity contribution in [1.82, 2.24) is 21.1 Å². The van der Waals surface area contributed by atoms with Crippen LogP contribution in [-0.4, -0.2) is 48.6 Å². The molecular weight excluding hydrogens is 325 g/mol. The van der Waals surface area contributed by atoms with Crippen LogP contribution in [0.15, 0.2) is 24.3 Å². The lowest BCUT2D eigenvalue weighted by atomic mass is 9.98. The summed E-state index contributed by atoms with van der Waals surface area (Å²) in [7, 11) is 0. The Hall–Kier alpha value is -2.19. The van der Waals surface area contributed by atoms with Crippen LogP contribution in [0, 0.1) is 11.7 Å². The Morgan fingerprint density at radius 2 is 2.08 bits per heavy atom. The summed E-state index contributed by atoms with van der Waals surface area (Å²) < 4.78 is 12.9. The molecular formula is C17H24FN5O2. The molecule has 3 unspecified atom stereocenters. The number of urea groups is 1. The Morgan fingerprint density at radius 1 is 1.32 bits per heavy atom. The number of likely N-dealkylation sites (tertiary alicyclic amines) is 1. The molecule has 4 N–H and O–H groups in total. The number of rotatable bonds is 4. The molecule has 136 valence electrons. The molecule has 0 spiro atoms. The maximum Gasteiger partial charge on any atom is 0.319 e. The van der Waals surface area contributed by atoms with E-state index in [1.54, 1.807) is 0 Å². The van der Waals surface area contributed by atoms with Crippen molar-refractivity contribution in [3.8, 4) is 0 Å². The maximum absolute atomic E-state index is 12.9. The molecule has 2 fully saturated rings. The lowest BCUT2D eigenvalue weighted by Crippen LogP contribution is -2.44. The first-order chi connectivity index (χ1) is 12.1. The van der Waals surface area contributed by atoms with E-state index < -0.39 is 0 Å². The molecule has 0 radical (unpaired) electrons. The van der Waals surface area contributed by atoms with Gasteiger partial charge in [0.1, 0.15) is 5.82 Å². The first-order valence-corrected chi connectivity index (χ1v) is 8.67. The van der Waals surface area contributed by atoms with Crippen LogP contribution in [0.4, 0.5) is 14.9 Å². The summed E-state index contributed by atoms with van der Waals surface area (Å²) in [6.07, 6.45) is 1.62. The van der Waals surface area contributed by atoms with Gasteiger partial charge in [-0.15, -0.1) is 0 Å². The molecule has 0 aromatic heterocycles. The summed E-state index contributed by atoms with van der Waals surface area (Å²) >= 11 is 0. The number of carbonyl (C=O) groups is 2. The van der Waals surface area contributed by atoms with Gasteiger partial charge in [0, 0.05) is 37.4 Å². The predicted octanol–water partition coefficient (Wildman–Crippen LogP) is 1.05. The van der Waals surface area contributed by atoms with Crippen LogP contribution in [0.1, 0.15) is 19.8 Å². The van der Waals surface area contributed by atoms with Gasteiger partial charge in [-0.1, -0.05) is 6.92 Å². The topological polar surface area (TPSA) is 85.5 Å². The smallest absolute Gasteiger partial charge is 0.319 e. The number of carbonyl (C=O) groups excluding carboxylic acids is 2. The largest absolute Gasteiger partial charge is 0.340 e. The van der Waals surface area contributed by atoms with Gasteiger partial charge in [0.05, 0.1) is 5.92 Å². The molecule has 2 heterocycles. The highest BCUT2D eigenvalue weighted by atomic mass is 19.1. The number of anilines is 1. The monoisotopic (exact) mass is 349 g/mol. The maximum atomic E-state index is 12.9. The number of hydrogen-bond donors (Lipinski definition) is 4. The molecule has 0 bridgehead atoms. The molecule has 0 aliphatic carbocycles. The highest BCUT2D eigenvalue weighted by molar-refractivity contribution is 5.89. The van der Waals surface area contributed by atoms with Crippen LogP contribution in [0.5, 0.6) is 0 Å². The molecule has 0 saturated carbocycles. The van der Waals surface area contributed by atoms with Crippen LogP contribution in [0.3, 0.4) is 0 Å². The van der Waals surface area contributed by atoms with E-state index in [4.69, 9.17) is 0 Å². The minimum absolute atomic E-state index is 0.0585. The molecule has 2 aliphatic rings. The van der Waals surface area contributed by atoms with E-state index in [2.05, 4.69) is 28.4 Å². The van der Waals surface area contributed by atoms with E-state index in [1.807, 2.05) is 4.90 Å². The highest BCUT2D eigenvalue weighted by Crippen LogP contribution is 2.19. The van der Waals surface area contributed by atoms with Crippen molar-refractivity contribution < 1.29 is 14.0 Å². The molecule has 2 saturated heterocycles. The second kappa shape index (κ2) is 7.79. The summed E-state index contributed by atoms with van der Waals surface area (Å²) in [6, 6.07) is 5.32. The van der Waals surface area contributed by atoms with E-state index in [-0.39, 0.29) is 35.8 Å². The van der Waals surface area contributed by atoms with Crippen molar-refractivity contribution in [3.63, 3.8) is 0 Å². The van der Waals surface area contributed by atoms with Crippen molar-refractivity contribution in [2.24, 2.45) is 5.92 Å². The summed E-state index contributed by atoms with van der Waals surface area (Å²) in [6.45, 7) is 3.85. The van der Waals surface area contributed by atoms with Crippen molar-refractivity contribution in [2.45, 2.75) is 31.8 Å². The van der Waals surface area contributed by atoms with E-state index in [1.165, 1.54) is 24.3 Å². The molecule has 25 heavy (non-hydrogen) atoms. The zero-order chi connectivity index (χ0) is 17.8. The van der Waals surface area contributed by atoms with Crippen molar-refractivity contribution in [2.75, 3.05) is 25.0 Å². The van der Waals surface area contributed by atoms with Gasteiger partial charge in [-0.2, -0.15) is 0 Å². The van der Waals surface area contributed by atoms with Gasteiger partial charge in [-0.25, -0.2) is 9.18 Å². The number of amides is 3. The number of halogens is 1. The van der Waals surface area contributed by atoms with Gasteiger partial charge >= 0.3 is 6.03 Å². The third-order valence-corrected chi connectivity index (χ3v) is 4.79. The summed E-state index contributed by atoms with van der Waals surface area (Å²) in [5.41, 5.74) is 6.71. The van der Waals surface area contributed by atoms with Gasteiger partial charge < -0.3 is 15.5 Å². The fourth-order valence-corrected chi connectivity index (χ4v) is 3.39. The average Bonchev–Trinajstić information content (AvgIpc) is 3.25. The normalized spacial score (nSPS) is 25.8. The third-order valence-electron chi connectivity index (χ3n) is 4.79. The molecule has 3 atom stereocenters. The zero-order valence-electron chi connectivity index (χ0n) is 14.2. The lowest BCUT2D eigenvalue weighted by molar-refractivity contribution is -0.134. The Balaban J connectivity index is 1.48. The van der Waals surface area contributed by atoms with Crippen LogP contribution in [-0.2, 0) is 4.79 Å². The number of benzene rings is 1. The quantitative estimate of drug-likeness (QED) is 0.655. The minimum Gasteiger partial charge on any atom is -0.340 e. The first-order valence-electron chi connectivity index (χ1n) is 8.67. The number of nitrogens with zero attached hydrogens (tertiary/aromatic N) is 1. The Morgan fingerprint density at radius 3 is 2.80 bits per heavy atom. The molecule has 3 rings (SSSR count). The van der Waals surface area contributed by atoms with E-state index in [0.717, 1.165) is 12.8 Å². The standard InChI is InChI=1S/C17H24FN5O2/c1-2-15-14(9-19-22-15)16(24)23-8-7-13(10-23)21-17(25)20-12-5-3-11(18)4-6-12/h3-6,13-15,19,22H,2,7-10H2,1H3,(H2,20,21,25). The van der Waals surface area contributed by atoms with Gasteiger partial charge in [0.2, 0.25) is 5.91 Å². The van der Waals surface area contributed by atoms with E-state index in [0.29, 0.717) is 25.3 Å². The first kappa shape index (κ1) is 17.6. The molecule has 2 aliphatic heterocycles. The van der Waals surface area contributed by atoms with Crippen LogP contribution in [0.25, 0.3) is 0 Å². The minimum atomic E-state index is -0.350. The van der Waals surface area contributed by atoms with Gasteiger partial charge in [-0.05, 0) is 37.1 Å². The molecule has 1 aromatic rings. The van der Waals surface area contributed by atoms with E-state index >= 15 is 0 Å². The highest BCUT2D eigenvalue weighted by Gasteiger charge is 2.37. The van der Waals surface area contributed by atoms with Crippen LogP contribution < -0.4 is 21.5 Å². The van der Waals surface area contributed by atoms with Crippen molar-refractivity contribution in [3.05, 3.63) is 30.1 Å². The number of hydrazine groups is 1. The predicted molar refractivity (Wildman–Crippen MR) is 92.2 cm³/mol. The van der Waals surface area contributed by atoms with Crippen LogP contribution in [0.2, 0.25) is 0 Å². The summed E-state index contributed by atoms with van der Waals surface area (Å²) in [5.74, 6) is -0.276. The number of nitrogens with one attached hydrogen (secondary N) is 4. The molecule has 1 aromatic carbocycles. The lowest BCUT2D eigenvalue weighted by Gasteiger charge is -2.23. The second-order valence-electron chi connectivity index (χ2n) is 6.52. The summed E-state index contributed by atoms with van der Waals surface area (Å²) in [5, 5.41) is 5.54. The number of hydrogen-bond acceptors (Lipinski definition) is 4.